The van der Waals surface area contributed by atoms with E-state index in [-0.39, 0.29) is 7.33 Å². The van der Waals surface area contributed by atoms with Crippen LogP contribution in [0.15, 0.2) is 18.2 Å². The first-order valence-corrected chi connectivity index (χ1v) is 8.00. The third-order valence-electron chi connectivity index (χ3n) is 4.62. The molecule has 5 heteroatoms. The average Bonchev–Trinajstić information content (AvgIpc) is 2.81. The number of aryl methyl sites for hydroxylation is 2. The van der Waals surface area contributed by atoms with E-state index in [0.29, 0.717) is 6.54 Å². The minimum Gasteiger partial charge on any atom is -0.374 e. The molecule has 0 radical (unpaired) electrons. The quantitative estimate of drug-likeness (QED) is 0.948. The van der Waals surface area contributed by atoms with Crippen molar-refractivity contribution in [1.82, 2.24) is 14.7 Å². The van der Waals surface area contributed by atoms with E-state index in [1.807, 2.05) is 35.7 Å². The number of hydrogen-bond donors (Lipinski definition) is 1. The number of anilines is 1. The van der Waals surface area contributed by atoms with Crippen molar-refractivity contribution in [3.05, 3.63) is 23.9 Å². The molecule has 1 N–H and O–H groups in total. The Kier molecular flexibility index (Phi) is 4.05. The van der Waals surface area contributed by atoms with Crippen molar-refractivity contribution in [2.45, 2.75) is 26.7 Å². The van der Waals surface area contributed by atoms with Crippen LogP contribution in [-0.2, 0) is 11.8 Å². The molecule has 2 heterocycles. The highest BCUT2D eigenvalue weighted by Crippen LogP contribution is 2.25. The van der Waals surface area contributed by atoms with Crippen LogP contribution in [0.2, 0.25) is 0 Å². The highest BCUT2D eigenvalue weighted by atomic mass is 16.2. The van der Waals surface area contributed by atoms with Gasteiger partial charge in [-0.05, 0) is 31.7 Å². The van der Waals surface area contributed by atoms with E-state index in [9.17, 15) is 4.79 Å². The van der Waals surface area contributed by atoms with Gasteiger partial charge < -0.3 is 10.2 Å². The van der Waals surface area contributed by atoms with E-state index < -0.39 is 0 Å². The van der Waals surface area contributed by atoms with Crippen LogP contribution in [0.5, 0.6) is 0 Å². The molecule has 0 aliphatic carbocycles. The van der Waals surface area contributed by atoms with Crippen LogP contribution in [-0.4, -0.2) is 40.2 Å². The largest absolute Gasteiger partial charge is 0.374 e. The van der Waals surface area contributed by atoms with Crippen LogP contribution >= 0.6 is 0 Å². The lowest BCUT2D eigenvalue weighted by Gasteiger charge is -2.30. The molecule has 0 spiro atoms. The van der Waals surface area contributed by atoms with Gasteiger partial charge in [0.1, 0.15) is 0 Å². The number of piperidine rings is 1. The van der Waals surface area contributed by atoms with Crippen molar-refractivity contribution >= 4 is 22.5 Å². The Morgan fingerprint density at radius 2 is 2.14 bits per heavy atom. The van der Waals surface area contributed by atoms with Gasteiger partial charge in [-0.15, -0.1) is 0 Å². The molecule has 1 aliphatic heterocycles. The summed E-state index contributed by atoms with van der Waals surface area (Å²) in [6.07, 6.45) is 2.23. The van der Waals surface area contributed by atoms with Gasteiger partial charge >= 0.3 is 0 Å². The van der Waals surface area contributed by atoms with E-state index >= 15 is 0 Å². The Labute approximate surface area is 132 Å². The lowest BCUT2D eigenvalue weighted by Crippen LogP contribution is -2.40. The summed E-state index contributed by atoms with van der Waals surface area (Å²) in [4.78, 5) is 14.3. The molecular weight excluding hydrogens is 276 g/mol. The summed E-state index contributed by atoms with van der Waals surface area (Å²) >= 11 is 0. The van der Waals surface area contributed by atoms with Crippen molar-refractivity contribution in [1.29, 1.82) is 0 Å². The second kappa shape index (κ2) is 5.99. The smallest absolute Gasteiger partial charge is 0.241 e. The molecule has 1 aromatic carbocycles. The molecule has 0 unspecified atom stereocenters. The first kappa shape index (κ1) is 14.9. The van der Waals surface area contributed by atoms with Gasteiger partial charge in [-0.1, -0.05) is 19.1 Å². The van der Waals surface area contributed by atoms with Gasteiger partial charge in [-0.3, -0.25) is 9.48 Å². The van der Waals surface area contributed by atoms with Crippen LogP contribution in [0.25, 0.3) is 10.9 Å². The number of carbonyl (C=O) groups excluding carboxylic acids is 1. The van der Waals surface area contributed by atoms with Gasteiger partial charge in [0.15, 0.2) is 0 Å². The fraction of sp³-hybridized carbons (Fsp3) is 0.529. The van der Waals surface area contributed by atoms with Crippen molar-refractivity contribution in [2.75, 3.05) is 25.0 Å². The van der Waals surface area contributed by atoms with Gasteiger partial charge in [0.2, 0.25) is 5.91 Å². The molecule has 1 fully saturated rings. The number of fused-ring (bicyclic) bond motifs is 1. The summed E-state index contributed by atoms with van der Waals surface area (Å²) in [6.45, 7) is 6.38. The van der Waals surface area contributed by atoms with Crippen LogP contribution in [0, 0.1) is 12.8 Å². The Balaban J connectivity index is 0.00000192. The van der Waals surface area contributed by atoms with Gasteiger partial charge in [-0.25, -0.2) is 0 Å². The number of aromatic nitrogens is 2. The molecule has 1 aliphatic rings. The van der Waals surface area contributed by atoms with Crippen molar-refractivity contribution in [3.63, 3.8) is 0 Å². The molecular formula is C17H26N4O. The highest BCUT2D eigenvalue weighted by Gasteiger charge is 2.20. The van der Waals surface area contributed by atoms with Crippen LogP contribution in [0.3, 0.4) is 0 Å². The number of benzene rings is 1. The Hall–Kier alpha value is -2.04. The predicted molar refractivity (Wildman–Crippen MR) is 91.0 cm³/mol. The third-order valence-corrected chi connectivity index (χ3v) is 4.62. The van der Waals surface area contributed by atoms with Gasteiger partial charge in [0.05, 0.1) is 23.4 Å². The topological polar surface area (TPSA) is 50.2 Å². The molecule has 1 amide bonds. The zero-order chi connectivity index (χ0) is 15.7. The zero-order valence-electron chi connectivity index (χ0n) is 13.6. The monoisotopic (exact) mass is 302 g/mol. The van der Waals surface area contributed by atoms with E-state index in [2.05, 4.69) is 23.4 Å². The molecule has 1 aromatic heterocycles. The molecule has 2 aromatic rings. The number of rotatable bonds is 3. The van der Waals surface area contributed by atoms with Gasteiger partial charge in [-0.2, -0.15) is 5.10 Å². The number of nitrogens with one attached hydrogen (secondary N) is 1. The third kappa shape index (κ3) is 2.80. The number of carbonyl (C=O) groups is 1. The summed E-state index contributed by atoms with van der Waals surface area (Å²) in [5.74, 6) is 0.922. The second-order valence-electron chi connectivity index (χ2n) is 6.33. The SMILES string of the molecule is Cc1nn(C)c2c(NCC(=O)N3CCC(C)CC3)cccc12.[HH]. The van der Waals surface area contributed by atoms with Gasteiger partial charge in [0.25, 0.3) is 0 Å². The Morgan fingerprint density at radius 1 is 1.41 bits per heavy atom. The Morgan fingerprint density at radius 3 is 2.86 bits per heavy atom. The fourth-order valence-electron chi connectivity index (χ4n) is 3.20. The molecule has 1 saturated heterocycles. The van der Waals surface area contributed by atoms with Gasteiger partial charge in [0, 0.05) is 27.0 Å². The molecule has 0 saturated carbocycles. The number of nitrogens with zero attached hydrogens (tertiary/aromatic N) is 3. The maximum absolute atomic E-state index is 12.3. The van der Waals surface area contributed by atoms with E-state index in [1.165, 1.54) is 0 Å². The maximum atomic E-state index is 12.3. The van der Waals surface area contributed by atoms with Crippen LogP contribution in [0.4, 0.5) is 5.69 Å². The zero-order valence-corrected chi connectivity index (χ0v) is 13.6. The van der Waals surface area contributed by atoms with E-state index in [1.54, 1.807) is 0 Å². The normalized spacial score (nSPS) is 16.2. The lowest BCUT2D eigenvalue weighted by molar-refractivity contribution is -0.130. The maximum Gasteiger partial charge on any atom is 0.241 e. The lowest BCUT2D eigenvalue weighted by atomic mass is 9.99. The summed E-state index contributed by atoms with van der Waals surface area (Å²) in [5, 5.41) is 8.89. The number of likely N-dealkylation sites (tertiary alicyclic amines) is 1. The van der Waals surface area contributed by atoms with Crippen molar-refractivity contribution in [2.24, 2.45) is 13.0 Å². The minimum atomic E-state index is 0. The molecule has 3 rings (SSSR count). The second-order valence-corrected chi connectivity index (χ2v) is 6.33. The molecule has 22 heavy (non-hydrogen) atoms. The molecule has 5 nitrogen and oxygen atoms in total. The highest BCUT2D eigenvalue weighted by molar-refractivity contribution is 5.94. The predicted octanol–water partition coefficient (Wildman–Crippen LogP) is 2.80. The van der Waals surface area contributed by atoms with E-state index in [4.69, 9.17) is 0 Å². The molecule has 0 bridgehead atoms. The number of hydrogen-bond acceptors (Lipinski definition) is 3. The number of amides is 1. The average molecular weight is 302 g/mol. The first-order valence-electron chi connectivity index (χ1n) is 8.00. The van der Waals surface area contributed by atoms with Crippen molar-refractivity contribution < 1.29 is 6.22 Å². The summed E-state index contributed by atoms with van der Waals surface area (Å²) < 4.78 is 1.88. The number of para-hydroxylation sites is 1. The van der Waals surface area contributed by atoms with Crippen LogP contribution < -0.4 is 5.32 Å². The summed E-state index contributed by atoms with van der Waals surface area (Å²) in [7, 11) is 1.94. The summed E-state index contributed by atoms with van der Waals surface area (Å²) in [6, 6.07) is 6.08. The van der Waals surface area contributed by atoms with Crippen LogP contribution in [0.1, 0.15) is 26.9 Å². The standard InChI is InChI=1S/C17H24N4O.H2/c1-12-7-9-21(10-8-12)16(22)11-18-15-6-4-5-14-13(2)19-20(3)17(14)15;/h4-6,12,18H,7-11H2,1-3H3;1H. The minimum absolute atomic E-state index is 0. The first-order chi connectivity index (χ1) is 10.6. The Bertz CT molecular complexity index is 689. The molecule has 120 valence electrons. The fourth-order valence-corrected chi connectivity index (χ4v) is 3.20. The van der Waals surface area contributed by atoms with Crippen molar-refractivity contribution in [3.8, 4) is 0 Å². The summed E-state index contributed by atoms with van der Waals surface area (Å²) in [5.41, 5.74) is 3.04. The van der Waals surface area contributed by atoms with E-state index in [0.717, 1.165) is 54.1 Å². The molecule has 0 atom stereocenters.